The van der Waals surface area contributed by atoms with E-state index < -0.39 is 0 Å². The maximum Gasteiger partial charge on any atom is 0.226 e. The molecule has 96 valence electrons. The van der Waals surface area contributed by atoms with Crippen molar-refractivity contribution >= 4 is 44.2 Å². The zero-order valence-corrected chi connectivity index (χ0v) is 12.2. The van der Waals surface area contributed by atoms with Gasteiger partial charge in [-0.1, -0.05) is 36.8 Å². The number of fused-ring (bicyclic) bond motifs is 1. The minimum absolute atomic E-state index is 0.00637. The molecule has 2 aromatic rings. The van der Waals surface area contributed by atoms with Gasteiger partial charge in [-0.05, 0) is 30.5 Å². The van der Waals surface area contributed by atoms with Gasteiger partial charge in [0.2, 0.25) is 5.91 Å². The van der Waals surface area contributed by atoms with Crippen LogP contribution in [0.4, 0.5) is 5.13 Å². The molecule has 2 rings (SSSR count). The molecular weight excluding hydrogens is 268 g/mol. The number of aryl methyl sites for hydroxylation is 1. The Morgan fingerprint density at radius 2 is 2.22 bits per heavy atom. The van der Waals surface area contributed by atoms with Gasteiger partial charge in [-0.15, -0.1) is 0 Å². The van der Waals surface area contributed by atoms with Crippen LogP contribution in [0, 0.1) is 12.8 Å². The summed E-state index contributed by atoms with van der Waals surface area (Å²) < 4.78 is 1.04. The van der Waals surface area contributed by atoms with Gasteiger partial charge in [-0.2, -0.15) is 0 Å². The van der Waals surface area contributed by atoms with Gasteiger partial charge in [-0.3, -0.25) is 4.79 Å². The van der Waals surface area contributed by atoms with Crippen LogP contribution in [0.1, 0.15) is 25.8 Å². The Bertz CT molecular complexity index is 553. The SMILES string of the molecule is Cc1cc2sc(NC(=O)CC(C)C)nc2cc1Cl. The molecule has 1 aromatic carbocycles. The molecule has 0 aliphatic heterocycles. The number of carbonyl (C=O) groups excluding carboxylic acids is 1. The van der Waals surface area contributed by atoms with E-state index in [1.165, 1.54) is 11.3 Å². The highest BCUT2D eigenvalue weighted by Crippen LogP contribution is 2.30. The van der Waals surface area contributed by atoms with Crippen molar-refractivity contribution in [3.8, 4) is 0 Å². The van der Waals surface area contributed by atoms with E-state index in [4.69, 9.17) is 11.6 Å². The van der Waals surface area contributed by atoms with Crippen molar-refractivity contribution in [1.29, 1.82) is 0 Å². The highest BCUT2D eigenvalue weighted by Gasteiger charge is 2.10. The number of amides is 1. The molecule has 5 heteroatoms. The van der Waals surface area contributed by atoms with Crippen LogP contribution >= 0.6 is 22.9 Å². The molecule has 3 nitrogen and oxygen atoms in total. The molecule has 0 saturated carbocycles. The number of halogens is 1. The second kappa shape index (κ2) is 5.24. The Kier molecular flexibility index (Phi) is 3.88. The van der Waals surface area contributed by atoms with Crippen molar-refractivity contribution in [3.05, 3.63) is 22.7 Å². The van der Waals surface area contributed by atoms with Gasteiger partial charge >= 0.3 is 0 Å². The van der Waals surface area contributed by atoms with Crippen LogP contribution in [0.2, 0.25) is 5.02 Å². The number of anilines is 1. The van der Waals surface area contributed by atoms with Crippen LogP contribution in [-0.2, 0) is 4.79 Å². The van der Waals surface area contributed by atoms with Crippen molar-refractivity contribution < 1.29 is 4.79 Å². The lowest BCUT2D eigenvalue weighted by Gasteiger charge is -2.03. The lowest BCUT2D eigenvalue weighted by atomic mass is 10.1. The lowest BCUT2D eigenvalue weighted by Crippen LogP contribution is -2.13. The summed E-state index contributed by atoms with van der Waals surface area (Å²) in [7, 11) is 0. The summed E-state index contributed by atoms with van der Waals surface area (Å²) in [6.07, 6.45) is 0.510. The van der Waals surface area contributed by atoms with Crippen molar-refractivity contribution in [2.24, 2.45) is 5.92 Å². The number of hydrogen-bond donors (Lipinski definition) is 1. The van der Waals surface area contributed by atoms with E-state index >= 15 is 0 Å². The Hall–Kier alpha value is -1.13. The monoisotopic (exact) mass is 282 g/mol. The summed E-state index contributed by atoms with van der Waals surface area (Å²) in [5, 5.41) is 4.17. The third kappa shape index (κ3) is 3.00. The lowest BCUT2D eigenvalue weighted by molar-refractivity contribution is -0.116. The molecule has 0 bridgehead atoms. The molecule has 0 radical (unpaired) electrons. The zero-order chi connectivity index (χ0) is 13.3. The zero-order valence-electron chi connectivity index (χ0n) is 10.6. The van der Waals surface area contributed by atoms with Gasteiger partial charge < -0.3 is 5.32 Å². The predicted molar refractivity (Wildman–Crippen MR) is 77.5 cm³/mol. The number of hydrogen-bond acceptors (Lipinski definition) is 3. The maximum absolute atomic E-state index is 11.7. The normalized spacial score (nSPS) is 11.2. The maximum atomic E-state index is 11.7. The van der Waals surface area contributed by atoms with Gasteiger partial charge in [0.05, 0.1) is 10.2 Å². The van der Waals surface area contributed by atoms with Crippen molar-refractivity contribution in [3.63, 3.8) is 0 Å². The Morgan fingerprint density at radius 1 is 1.50 bits per heavy atom. The number of aromatic nitrogens is 1. The topological polar surface area (TPSA) is 42.0 Å². The van der Waals surface area contributed by atoms with Crippen LogP contribution < -0.4 is 5.32 Å². The Balaban J connectivity index is 2.22. The standard InChI is InChI=1S/C13H15ClN2OS/c1-7(2)4-12(17)16-13-15-10-6-9(14)8(3)5-11(10)18-13/h5-7H,4H2,1-3H3,(H,15,16,17). The number of benzene rings is 1. The van der Waals surface area contributed by atoms with E-state index in [-0.39, 0.29) is 5.91 Å². The van der Waals surface area contributed by atoms with E-state index in [2.05, 4.69) is 10.3 Å². The summed E-state index contributed by atoms with van der Waals surface area (Å²) in [6.45, 7) is 5.99. The molecule has 0 saturated heterocycles. The molecule has 0 aliphatic rings. The minimum atomic E-state index is 0.00637. The summed E-state index contributed by atoms with van der Waals surface area (Å²) in [4.78, 5) is 16.0. The molecule has 0 fully saturated rings. The van der Waals surface area contributed by atoms with Crippen LogP contribution in [0.3, 0.4) is 0 Å². The number of nitrogens with one attached hydrogen (secondary N) is 1. The summed E-state index contributed by atoms with van der Waals surface area (Å²) in [5.74, 6) is 0.350. The molecule has 0 spiro atoms. The van der Waals surface area contributed by atoms with Crippen LogP contribution in [0.25, 0.3) is 10.2 Å². The van der Waals surface area contributed by atoms with Gasteiger partial charge in [-0.25, -0.2) is 4.98 Å². The van der Waals surface area contributed by atoms with Gasteiger partial charge in [0.1, 0.15) is 0 Å². The molecular formula is C13H15ClN2OS. The van der Waals surface area contributed by atoms with Gasteiger partial charge in [0.25, 0.3) is 0 Å². The van der Waals surface area contributed by atoms with E-state index in [0.717, 1.165) is 15.8 Å². The summed E-state index contributed by atoms with van der Waals surface area (Å²) in [5.41, 5.74) is 1.85. The molecule has 1 amide bonds. The fraction of sp³-hybridized carbons (Fsp3) is 0.385. The first-order valence-corrected chi connectivity index (χ1v) is 7.01. The third-order valence-electron chi connectivity index (χ3n) is 2.51. The number of rotatable bonds is 3. The first kappa shape index (κ1) is 13.3. The minimum Gasteiger partial charge on any atom is -0.302 e. The van der Waals surface area contributed by atoms with Crippen LogP contribution in [0.15, 0.2) is 12.1 Å². The van der Waals surface area contributed by atoms with Gasteiger partial charge in [0.15, 0.2) is 5.13 Å². The van der Waals surface area contributed by atoms with Crippen molar-refractivity contribution in [1.82, 2.24) is 4.98 Å². The quantitative estimate of drug-likeness (QED) is 0.915. The Labute approximate surface area is 115 Å². The fourth-order valence-corrected chi connectivity index (χ4v) is 2.76. The van der Waals surface area contributed by atoms with E-state index in [1.807, 2.05) is 32.9 Å². The highest BCUT2D eigenvalue weighted by molar-refractivity contribution is 7.22. The molecule has 1 aromatic heterocycles. The molecule has 0 unspecified atom stereocenters. The first-order valence-electron chi connectivity index (χ1n) is 5.82. The molecule has 0 aliphatic carbocycles. The second-order valence-electron chi connectivity index (χ2n) is 4.73. The molecule has 1 heterocycles. The molecule has 0 atom stereocenters. The van der Waals surface area contributed by atoms with E-state index in [9.17, 15) is 4.79 Å². The summed E-state index contributed by atoms with van der Waals surface area (Å²) in [6, 6.07) is 3.83. The molecule has 18 heavy (non-hydrogen) atoms. The van der Waals surface area contributed by atoms with Crippen molar-refractivity contribution in [2.45, 2.75) is 27.2 Å². The first-order chi connectivity index (χ1) is 8.45. The molecule has 1 N–H and O–H groups in total. The van der Waals surface area contributed by atoms with Crippen LogP contribution in [-0.4, -0.2) is 10.9 Å². The number of carbonyl (C=O) groups is 1. The number of nitrogens with zero attached hydrogens (tertiary/aromatic N) is 1. The van der Waals surface area contributed by atoms with Crippen molar-refractivity contribution in [2.75, 3.05) is 5.32 Å². The Morgan fingerprint density at radius 3 is 2.89 bits per heavy atom. The van der Waals surface area contributed by atoms with E-state index in [0.29, 0.717) is 22.5 Å². The fourth-order valence-electron chi connectivity index (χ4n) is 1.64. The second-order valence-corrected chi connectivity index (χ2v) is 6.17. The number of thiazole rings is 1. The van der Waals surface area contributed by atoms with E-state index in [1.54, 1.807) is 0 Å². The average Bonchev–Trinajstić information content (AvgIpc) is 2.58. The highest BCUT2D eigenvalue weighted by atomic mass is 35.5. The van der Waals surface area contributed by atoms with Crippen LogP contribution in [0.5, 0.6) is 0 Å². The smallest absolute Gasteiger partial charge is 0.226 e. The summed E-state index contributed by atoms with van der Waals surface area (Å²) >= 11 is 7.52. The average molecular weight is 283 g/mol. The third-order valence-corrected chi connectivity index (χ3v) is 3.85. The van der Waals surface area contributed by atoms with Gasteiger partial charge in [0, 0.05) is 11.4 Å². The predicted octanol–water partition coefficient (Wildman–Crippen LogP) is 4.24. The largest absolute Gasteiger partial charge is 0.302 e.